The van der Waals surface area contributed by atoms with Crippen LogP contribution in [0.2, 0.25) is 0 Å². The maximum atomic E-state index is 13.7. The van der Waals surface area contributed by atoms with Gasteiger partial charge in [-0.2, -0.15) is 0 Å². The van der Waals surface area contributed by atoms with Crippen molar-refractivity contribution in [3.05, 3.63) is 94.5 Å². The minimum atomic E-state index is -0.979. The van der Waals surface area contributed by atoms with E-state index < -0.39 is 11.4 Å². The average molecular weight is 458 g/mol. The summed E-state index contributed by atoms with van der Waals surface area (Å²) in [5.41, 5.74) is 3.47. The first kappa shape index (κ1) is 22.0. The highest BCUT2D eigenvalue weighted by Crippen LogP contribution is 2.44. The molecule has 0 saturated carbocycles. The van der Waals surface area contributed by atoms with Crippen LogP contribution < -0.4 is 14.8 Å². The van der Waals surface area contributed by atoms with Crippen molar-refractivity contribution in [1.82, 2.24) is 5.32 Å². The molecule has 34 heavy (non-hydrogen) atoms. The Hall–Kier alpha value is -3.80. The molecule has 1 amide bonds. The Balaban J connectivity index is 1.44. The number of carboxylic acids is 1. The van der Waals surface area contributed by atoms with Gasteiger partial charge in [-0.15, -0.1) is 0 Å². The number of amides is 1. The number of carbonyl (C=O) groups excluding carboxylic acids is 1. The van der Waals surface area contributed by atoms with Crippen LogP contribution in [0.15, 0.2) is 66.7 Å². The zero-order valence-electron chi connectivity index (χ0n) is 19.2. The van der Waals surface area contributed by atoms with Crippen LogP contribution in [0.4, 0.5) is 0 Å². The van der Waals surface area contributed by atoms with Gasteiger partial charge in [-0.25, -0.2) is 4.79 Å². The number of para-hydroxylation sites is 1. The zero-order valence-corrected chi connectivity index (χ0v) is 19.2. The Labute approximate surface area is 198 Å². The van der Waals surface area contributed by atoms with E-state index in [1.807, 2.05) is 55.5 Å². The molecule has 0 fully saturated rings. The Morgan fingerprint density at radius 2 is 1.91 bits per heavy atom. The number of ether oxygens (including phenoxy) is 2. The van der Waals surface area contributed by atoms with Crippen molar-refractivity contribution in [2.45, 2.75) is 43.7 Å². The number of methoxy groups -OCH3 is 1. The summed E-state index contributed by atoms with van der Waals surface area (Å²) < 4.78 is 11.6. The van der Waals surface area contributed by atoms with Crippen molar-refractivity contribution >= 4 is 11.9 Å². The highest BCUT2D eigenvalue weighted by molar-refractivity contribution is 5.90. The molecule has 0 radical (unpaired) electrons. The molecule has 0 spiro atoms. The molecule has 3 atom stereocenters. The van der Waals surface area contributed by atoms with Crippen LogP contribution in [-0.4, -0.2) is 24.1 Å². The number of fused-ring (bicyclic) bond motifs is 2. The van der Waals surface area contributed by atoms with Gasteiger partial charge in [0, 0.05) is 12.0 Å². The normalized spacial score (nSPS) is 22.8. The van der Waals surface area contributed by atoms with Gasteiger partial charge in [0.25, 0.3) is 0 Å². The number of hydrogen-bond donors (Lipinski definition) is 2. The second kappa shape index (κ2) is 8.52. The van der Waals surface area contributed by atoms with E-state index in [1.165, 1.54) is 0 Å². The first-order valence-corrected chi connectivity index (χ1v) is 11.5. The van der Waals surface area contributed by atoms with Crippen LogP contribution in [0.5, 0.6) is 11.5 Å². The predicted octanol–water partition coefficient (Wildman–Crippen LogP) is 4.98. The van der Waals surface area contributed by atoms with Gasteiger partial charge < -0.3 is 19.9 Å². The molecular formula is C28H27NO5. The molecule has 3 aromatic carbocycles. The highest BCUT2D eigenvalue weighted by Gasteiger charge is 2.43. The Morgan fingerprint density at radius 3 is 2.71 bits per heavy atom. The molecule has 0 bridgehead atoms. The number of aromatic carboxylic acids is 1. The number of benzene rings is 3. The maximum Gasteiger partial charge on any atom is 0.335 e. The number of hydrogen-bond acceptors (Lipinski definition) is 4. The van der Waals surface area contributed by atoms with Gasteiger partial charge >= 0.3 is 5.97 Å². The van der Waals surface area contributed by atoms with E-state index in [-0.39, 0.29) is 23.6 Å². The molecule has 1 aliphatic carbocycles. The molecule has 0 saturated heterocycles. The topological polar surface area (TPSA) is 84.9 Å². The first-order chi connectivity index (χ1) is 16.4. The lowest BCUT2D eigenvalue weighted by Gasteiger charge is -2.35. The van der Waals surface area contributed by atoms with Gasteiger partial charge in [-0.3, -0.25) is 4.79 Å². The van der Waals surface area contributed by atoms with E-state index in [4.69, 9.17) is 9.47 Å². The number of aryl methyl sites for hydroxylation is 1. The van der Waals surface area contributed by atoms with E-state index in [2.05, 4.69) is 5.32 Å². The molecule has 1 aliphatic heterocycles. The van der Waals surface area contributed by atoms with Crippen molar-refractivity contribution in [2.75, 3.05) is 7.11 Å². The molecule has 174 valence electrons. The third-order valence-electron chi connectivity index (χ3n) is 7.13. The molecular weight excluding hydrogens is 430 g/mol. The van der Waals surface area contributed by atoms with Gasteiger partial charge in [0.1, 0.15) is 17.6 Å². The molecule has 3 aromatic rings. The number of carboxylic acid groups (broad SMARTS) is 1. The molecule has 0 aromatic heterocycles. The number of rotatable bonds is 5. The molecule has 0 unspecified atom stereocenters. The summed E-state index contributed by atoms with van der Waals surface area (Å²) in [7, 11) is 1.65. The maximum absolute atomic E-state index is 13.7. The van der Waals surface area contributed by atoms with Crippen molar-refractivity contribution in [3.63, 3.8) is 0 Å². The first-order valence-electron chi connectivity index (χ1n) is 11.5. The van der Waals surface area contributed by atoms with Crippen LogP contribution in [0, 0.1) is 0 Å². The third kappa shape index (κ3) is 3.79. The quantitative estimate of drug-likeness (QED) is 0.565. The van der Waals surface area contributed by atoms with Crippen LogP contribution >= 0.6 is 0 Å². The molecule has 5 rings (SSSR count). The Bertz CT molecular complexity index is 1270. The Kier molecular flexibility index (Phi) is 5.52. The minimum absolute atomic E-state index is 0.0174. The van der Waals surface area contributed by atoms with Crippen molar-refractivity contribution in [3.8, 4) is 11.5 Å². The van der Waals surface area contributed by atoms with E-state index in [0.29, 0.717) is 12.2 Å². The monoisotopic (exact) mass is 457 g/mol. The van der Waals surface area contributed by atoms with Crippen molar-refractivity contribution in [1.29, 1.82) is 0 Å². The van der Waals surface area contributed by atoms with Crippen LogP contribution in [0.1, 0.15) is 64.5 Å². The summed E-state index contributed by atoms with van der Waals surface area (Å²) in [6.45, 7) is 2.00. The van der Waals surface area contributed by atoms with Gasteiger partial charge in [0.05, 0.1) is 24.1 Å². The number of carbonyl (C=O) groups is 2. The lowest BCUT2D eigenvalue weighted by Crippen LogP contribution is -2.44. The highest BCUT2D eigenvalue weighted by atomic mass is 16.5. The fourth-order valence-corrected chi connectivity index (χ4v) is 5.15. The molecule has 1 heterocycles. The predicted molar refractivity (Wildman–Crippen MR) is 127 cm³/mol. The second-order valence-corrected chi connectivity index (χ2v) is 9.19. The zero-order chi connectivity index (χ0) is 23.9. The second-order valence-electron chi connectivity index (χ2n) is 9.19. The summed E-state index contributed by atoms with van der Waals surface area (Å²) >= 11 is 0. The van der Waals surface area contributed by atoms with E-state index >= 15 is 0 Å². The fraction of sp³-hybridized carbons (Fsp3) is 0.286. The summed E-state index contributed by atoms with van der Waals surface area (Å²) in [6.07, 6.45) is 1.70. The van der Waals surface area contributed by atoms with Gasteiger partial charge in [0.2, 0.25) is 5.91 Å². The van der Waals surface area contributed by atoms with Crippen LogP contribution in [-0.2, 0) is 16.6 Å². The van der Waals surface area contributed by atoms with Gasteiger partial charge in [-0.05, 0) is 66.8 Å². The molecule has 2 aliphatic rings. The fourth-order valence-electron chi connectivity index (χ4n) is 5.15. The van der Waals surface area contributed by atoms with E-state index in [9.17, 15) is 14.7 Å². The van der Waals surface area contributed by atoms with E-state index in [0.717, 1.165) is 40.8 Å². The van der Waals surface area contributed by atoms with Crippen molar-refractivity contribution < 1.29 is 24.2 Å². The molecule has 6 nitrogen and oxygen atoms in total. The largest absolute Gasteiger partial charge is 0.497 e. The Morgan fingerprint density at radius 1 is 1.09 bits per heavy atom. The minimum Gasteiger partial charge on any atom is -0.497 e. The van der Waals surface area contributed by atoms with E-state index in [1.54, 1.807) is 25.3 Å². The number of nitrogens with one attached hydrogen (secondary N) is 1. The van der Waals surface area contributed by atoms with Crippen LogP contribution in [0.3, 0.4) is 0 Å². The summed E-state index contributed by atoms with van der Waals surface area (Å²) in [5.74, 6) is 0.503. The smallest absolute Gasteiger partial charge is 0.335 e. The molecule has 6 heteroatoms. The lowest BCUT2D eigenvalue weighted by atomic mass is 9.82. The summed E-state index contributed by atoms with van der Waals surface area (Å²) in [6, 6.07) is 20.2. The SMILES string of the molecule is COc1ccc2c(c1)CC[C@]2(C)C(=O)N[C@@H]1C[C@H](c2cccc(C(=O)O)c2)Oc2ccccc21. The summed E-state index contributed by atoms with van der Waals surface area (Å²) in [5, 5.41) is 12.7. The van der Waals surface area contributed by atoms with Gasteiger partial charge in [0.15, 0.2) is 0 Å². The molecule has 2 N–H and O–H groups in total. The third-order valence-corrected chi connectivity index (χ3v) is 7.13. The standard InChI is InChI=1S/C28H27NO5/c1-28(13-12-17-15-20(33-2)10-11-22(17)28)27(32)29-23-16-25(34-24-9-4-3-8-21(23)24)18-6-5-7-19(14-18)26(30)31/h3-11,14-15,23,25H,12-13,16H2,1-2H3,(H,29,32)(H,30,31)/t23-,25-,28+/m1/s1. The summed E-state index contributed by atoms with van der Waals surface area (Å²) in [4.78, 5) is 25.1. The van der Waals surface area contributed by atoms with Gasteiger partial charge in [-0.1, -0.05) is 36.4 Å². The average Bonchev–Trinajstić information content (AvgIpc) is 3.21. The van der Waals surface area contributed by atoms with Crippen molar-refractivity contribution in [2.24, 2.45) is 0 Å². The van der Waals surface area contributed by atoms with Crippen LogP contribution in [0.25, 0.3) is 0 Å². The lowest BCUT2D eigenvalue weighted by molar-refractivity contribution is -0.127.